The lowest BCUT2D eigenvalue weighted by molar-refractivity contribution is -0.169. The van der Waals surface area contributed by atoms with Crippen LogP contribution in [0.5, 0.6) is 0 Å². The van der Waals surface area contributed by atoms with Crippen molar-refractivity contribution in [2.75, 3.05) is 0 Å². The zero-order valence-corrected chi connectivity index (χ0v) is 11.4. The van der Waals surface area contributed by atoms with Gasteiger partial charge in [-0.05, 0) is 5.56 Å². The third-order valence-electron chi connectivity index (χ3n) is 2.92. The Kier molecular flexibility index (Phi) is 5.06. The van der Waals surface area contributed by atoms with Gasteiger partial charge in [-0.1, -0.05) is 54.6 Å². The van der Waals surface area contributed by atoms with E-state index in [1.54, 1.807) is 12.1 Å². The van der Waals surface area contributed by atoms with Gasteiger partial charge in [-0.15, -0.1) is 0 Å². The van der Waals surface area contributed by atoms with Crippen LogP contribution in [-0.2, 0) is 20.9 Å². The summed E-state index contributed by atoms with van der Waals surface area (Å²) in [4.78, 5) is 10.6. The second kappa shape index (κ2) is 7.21. The van der Waals surface area contributed by atoms with Gasteiger partial charge in [0.15, 0.2) is 0 Å². The van der Waals surface area contributed by atoms with Gasteiger partial charge >= 0.3 is 0 Å². The quantitative estimate of drug-likeness (QED) is 0.354. The molecule has 0 aromatic heterocycles. The number of hydrogen-bond acceptors (Lipinski definition) is 4. The molecule has 3 N–H and O–H groups in total. The van der Waals surface area contributed by atoms with E-state index in [0.29, 0.717) is 12.0 Å². The normalized spacial score (nSPS) is 11.6. The highest BCUT2D eigenvalue weighted by Crippen LogP contribution is 2.19. The molecule has 0 amide bonds. The molecular formula is C16H16N2O3. The van der Waals surface area contributed by atoms with Crippen molar-refractivity contribution in [3.63, 3.8) is 0 Å². The van der Waals surface area contributed by atoms with E-state index in [1.165, 1.54) is 0 Å². The van der Waals surface area contributed by atoms with Crippen LogP contribution in [0.1, 0.15) is 23.0 Å². The van der Waals surface area contributed by atoms with Crippen LogP contribution in [0.4, 0.5) is 0 Å². The summed E-state index contributed by atoms with van der Waals surface area (Å²) in [5, 5.41) is 7.33. The van der Waals surface area contributed by atoms with Crippen molar-refractivity contribution in [1.29, 1.82) is 5.41 Å². The Labute approximate surface area is 122 Å². The highest BCUT2D eigenvalue weighted by Gasteiger charge is 2.12. The minimum atomic E-state index is -0.740. The lowest BCUT2D eigenvalue weighted by Gasteiger charge is -2.16. The van der Waals surface area contributed by atoms with E-state index in [9.17, 15) is 4.79 Å². The first kappa shape index (κ1) is 14.7. The Bertz CT molecular complexity index is 597. The van der Waals surface area contributed by atoms with Crippen molar-refractivity contribution in [1.82, 2.24) is 0 Å². The van der Waals surface area contributed by atoms with Crippen LogP contribution in [0.2, 0.25) is 0 Å². The SMILES string of the molecule is N=C(N)c1ccc(COC(OC=O)c2ccccc2)cc1. The number of benzene rings is 2. The van der Waals surface area contributed by atoms with Crippen molar-refractivity contribution in [3.8, 4) is 0 Å². The van der Waals surface area contributed by atoms with Gasteiger partial charge in [0.25, 0.3) is 6.47 Å². The fourth-order valence-corrected chi connectivity index (χ4v) is 1.83. The molecule has 0 bridgehead atoms. The van der Waals surface area contributed by atoms with E-state index >= 15 is 0 Å². The molecule has 0 aliphatic heterocycles. The molecule has 0 fully saturated rings. The summed E-state index contributed by atoms with van der Waals surface area (Å²) in [5.74, 6) is 0.0221. The average Bonchev–Trinajstić information content (AvgIpc) is 2.52. The molecule has 0 saturated carbocycles. The Balaban J connectivity index is 2.01. The molecule has 1 unspecified atom stereocenters. The summed E-state index contributed by atoms with van der Waals surface area (Å²) in [5.41, 5.74) is 7.72. The molecule has 21 heavy (non-hydrogen) atoms. The van der Waals surface area contributed by atoms with Gasteiger partial charge in [-0.3, -0.25) is 10.2 Å². The molecule has 108 valence electrons. The number of nitrogen functional groups attached to an aromatic ring is 1. The number of nitrogens with two attached hydrogens (primary N) is 1. The molecule has 0 aliphatic carbocycles. The van der Waals surface area contributed by atoms with Gasteiger partial charge < -0.3 is 15.2 Å². The molecule has 2 aromatic rings. The number of ether oxygens (including phenoxy) is 2. The van der Waals surface area contributed by atoms with E-state index in [4.69, 9.17) is 20.6 Å². The molecule has 0 heterocycles. The van der Waals surface area contributed by atoms with E-state index in [1.807, 2.05) is 42.5 Å². The second-order valence-electron chi connectivity index (χ2n) is 4.40. The van der Waals surface area contributed by atoms with Crippen molar-refractivity contribution < 1.29 is 14.3 Å². The maximum Gasteiger partial charge on any atom is 0.295 e. The second-order valence-corrected chi connectivity index (χ2v) is 4.40. The van der Waals surface area contributed by atoms with Crippen LogP contribution < -0.4 is 5.73 Å². The highest BCUT2D eigenvalue weighted by molar-refractivity contribution is 5.94. The lowest BCUT2D eigenvalue weighted by atomic mass is 10.1. The van der Waals surface area contributed by atoms with Crippen molar-refractivity contribution in [2.24, 2.45) is 5.73 Å². The zero-order chi connectivity index (χ0) is 15.1. The van der Waals surface area contributed by atoms with Gasteiger partial charge in [0, 0.05) is 11.1 Å². The monoisotopic (exact) mass is 284 g/mol. The Hall–Kier alpha value is -2.66. The standard InChI is InChI=1S/C16H16N2O3/c17-15(18)13-8-6-12(7-9-13)10-20-16(21-11-19)14-4-2-1-3-5-14/h1-9,11,16H,10H2,(H3,17,18). The topological polar surface area (TPSA) is 85.4 Å². The van der Waals surface area contributed by atoms with Crippen LogP contribution in [0.15, 0.2) is 54.6 Å². The zero-order valence-electron chi connectivity index (χ0n) is 11.4. The summed E-state index contributed by atoms with van der Waals surface area (Å²) in [6.45, 7) is 0.655. The van der Waals surface area contributed by atoms with Gasteiger partial charge in [-0.25, -0.2) is 0 Å². The van der Waals surface area contributed by atoms with E-state index in [-0.39, 0.29) is 12.4 Å². The van der Waals surface area contributed by atoms with Crippen molar-refractivity contribution >= 4 is 12.3 Å². The van der Waals surface area contributed by atoms with Gasteiger partial charge in [0.05, 0.1) is 6.61 Å². The Morgan fingerprint density at radius 1 is 1.14 bits per heavy atom. The summed E-state index contributed by atoms with van der Waals surface area (Å²) in [6.07, 6.45) is -0.740. The minimum absolute atomic E-state index is 0.0221. The van der Waals surface area contributed by atoms with Gasteiger partial charge in [0.2, 0.25) is 6.29 Å². The number of carbonyl (C=O) groups is 1. The predicted octanol–water partition coefficient (Wildman–Crippen LogP) is 2.36. The van der Waals surface area contributed by atoms with Gasteiger partial charge in [-0.2, -0.15) is 0 Å². The summed E-state index contributed by atoms with van der Waals surface area (Å²) < 4.78 is 10.6. The molecule has 5 nitrogen and oxygen atoms in total. The molecule has 2 rings (SSSR count). The molecule has 0 spiro atoms. The maximum atomic E-state index is 10.6. The fraction of sp³-hybridized carbons (Fsp3) is 0.125. The first-order valence-electron chi connectivity index (χ1n) is 6.39. The number of carbonyl (C=O) groups excluding carboxylic acids is 1. The van der Waals surface area contributed by atoms with Crippen molar-refractivity contribution in [2.45, 2.75) is 12.9 Å². The number of rotatable bonds is 7. The van der Waals surface area contributed by atoms with Crippen LogP contribution in [0, 0.1) is 5.41 Å². The molecule has 5 heteroatoms. The first-order valence-corrected chi connectivity index (χ1v) is 6.39. The first-order chi connectivity index (χ1) is 10.2. The van der Waals surface area contributed by atoms with Crippen LogP contribution in [0.25, 0.3) is 0 Å². The largest absolute Gasteiger partial charge is 0.433 e. The number of nitrogens with one attached hydrogen (secondary N) is 1. The van der Waals surface area contributed by atoms with Crippen LogP contribution in [0.3, 0.4) is 0 Å². The molecule has 0 aliphatic rings. The Morgan fingerprint density at radius 2 is 1.81 bits per heavy atom. The third kappa shape index (κ3) is 4.15. The molecule has 0 saturated heterocycles. The lowest BCUT2D eigenvalue weighted by Crippen LogP contribution is -2.11. The number of hydrogen-bond donors (Lipinski definition) is 2. The maximum absolute atomic E-state index is 10.6. The smallest absolute Gasteiger partial charge is 0.295 e. The summed E-state index contributed by atoms with van der Waals surface area (Å²) in [7, 11) is 0. The Morgan fingerprint density at radius 3 is 2.38 bits per heavy atom. The molecule has 2 aromatic carbocycles. The molecule has 0 radical (unpaired) electrons. The van der Waals surface area contributed by atoms with E-state index < -0.39 is 6.29 Å². The fourth-order valence-electron chi connectivity index (χ4n) is 1.83. The predicted molar refractivity (Wildman–Crippen MR) is 78.6 cm³/mol. The molecular weight excluding hydrogens is 268 g/mol. The summed E-state index contributed by atoms with van der Waals surface area (Å²) >= 11 is 0. The minimum Gasteiger partial charge on any atom is -0.433 e. The van der Waals surface area contributed by atoms with E-state index in [0.717, 1.165) is 11.1 Å². The van der Waals surface area contributed by atoms with Crippen LogP contribution >= 0.6 is 0 Å². The third-order valence-corrected chi connectivity index (χ3v) is 2.92. The summed E-state index contributed by atoms with van der Waals surface area (Å²) in [6, 6.07) is 16.4. The van der Waals surface area contributed by atoms with Gasteiger partial charge in [0.1, 0.15) is 5.84 Å². The molecule has 1 atom stereocenters. The highest BCUT2D eigenvalue weighted by atomic mass is 16.7. The van der Waals surface area contributed by atoms with E-state index in [2.05, 4.69) is 0 Å². The number of amidine groups is 1. The van der Waals surface area contributed by atoms with Crippen LogP contribution in [-0.4, -0.2) is 12.3 Å². The average molecular weight is 284 g/mol. The van der Waals surface area contributed by atoms with Crippen molar-refractivity contribution in [3.05, 3.63) is 71.3 Å².